The molecule has 0 spiro atoms. The van der Waals surface area contributed by atoms with E-state index in [4.69, 9.17) is 4.42 Å². The Hall–Kier alpha value is -3.71. The predicted octanol–water partition coefficient (Wildman–Crippen LogP) is 3.44. The Morgan fingerprint density at radius 3 is 2.26 bits per heavy atom. The van der Waals surface area contributed by atoms with E-state index in [2.05, 4.69) is 25.5 Å². The number of hydrogen-bond acceptors (Lipinski definition) is 7. The van der Waals surface area contributed by atoms with E-state index in [0.717, 1.165) is 24.5 Å². The fourth-order valence-electron chi connectivity index (χ4n) is 2.35. The third-order valence-corrected chi connectivity index (χ3v) is 3.83. The molecule has 2 N–H and O–H groups in total. The zero-order valence-electron chi connectivity index (χ0n) is 15.2. The number of halogens is 6. The molecule has 0 radical (unpaired) electrons. The van der Waals surface area contributed by atoms with Crippen LogP contribution in [-0.2, 0) is 4.79 Å². The normalized spacial score (nSPS) is 12.6. The molecule has 164 valence electrons. The van der Waals surface area contributed by atoms with Crippen molar-refractivity contribution < 1.29 is 35.6 Å². The van der Waals surface area contributed by atoms with Gasteiger partial charge in [0.25, 0.3) is 11.8 Å². The molecule has 31 heavy (non-hydrogen) atoms. The number of nitrogens with one attached hydrogen (secondary N) is 2. The Balaban J connectivity index is 1.76. The van der Waals surface area contributed by atoms with Gasteiger partial charge in [-0.3, -0.25) is 4.79 Å². The van der Waals surface area contributed by atoms with Crippen LogP contribution in [0.1, 0.15) is 23.9 Å². The van der Waals surface area contributed by atoms with Crippen LogP contribution >= 0.6 is 0 Å². The molecular formula is C17H12F6N6O2. The summed E-state index contributed by atoms with van der Waals surface area (Å²) in [5.74, 6) is -3.93. The smallest absolute Gasteiger partial charge is 0.415 e. The average Bonchev–Trinajstić information content (AvgIpc) is 3.22. The second kappa shape index (κ2) is 8.97. The maximum atomic E-state index is 13.2. The number of rotatable bonds is 7. The molecule has 0 fully saturated rings. The molecule has 0 bridgehead atoms. The molecule has 0 saturated carbocycles. The van der Waals surface area contributed by atoms with Crippen LogP contribution in [0.4, 0.5) is 32.3 Å². The largest absolute Gasteiger partial charge is 0.471 e. The van der Waals surface area contributed by atoms with Gasteiger partial charge in [0.1, 0.15) is 5.82 Å². The van der Waals surface area contributed by atoms with Crippen molar-refractivity contribution in [1.82, 2.24) is 25.5 Å². The average molecular weight is 446 g/mol. The van der Waals surface area contributed by atoms with Crippen LogP contribution in [0, 0.1) is 5.82 Å². The summed E-state index contributed by atoms with van der Waals surface area (Å²) in [5.41, 5.74) is 0.462. The van der Waals surface area contributed by atoms with Crippen molar-refractivity contribution in [1.29, 1.82) is 0 Å². The van der Waals surface area contributed by atoms with Crippen molar-refractivity contribution in [3.63, 3.8) is 0 Å². The molecule has 1 aromatic carbocycles. The standard InChI is InChI=1S/C17H12F6N6O2/c18-10-3-1-8(2-4-10)11(7-24-15(30)17(21,22)23)27-16-25-5-9(6-26-16)13-28-29-14(31-13)12(19)20/h1-6,11-12H,7H2,(H,24,30)(H,25,26,27). The molecule has 3 aromatic rings. The van der Waals surface area contributed by atoms with Crippen LogP contribution in [0.15, 0.2) is 41.1 Å². The maximum absolute atomic E-state index is 13.2. The van der Waals surface area contributed by atoms with E-state index in [9.17, 15) is 31.1 Å². The van der Waals surface area contributed by atoms with Gasteiger partial charge < -0.3 is 15.1 Å². The van der Waals surface area contributed by atoms with E-state index in [0.29, 0.717) is 5.56 Å². The molecule has 0 aliphatic carbocycles. The molecule has 0 aliphatic rings. The molecule has 3 rings (SSSR count). The number of nitrogens with zero attached hydrogens (tertiary/aromatic N) is 4. The minimum Gasteiger partial charge on any atom is -0.415 e. The van der Waals surface area contributed by atoms with Crippen molar-refractivity contribution >= 4 is 11.9 Å². The first kappa shape index (κ1) is 22.0. The number of hydrogen-bond donors (Lipinski definition) is 2. The van der Waals surface area contributed by atoms with Crippen LogP contribution in [0.2, 0.25) is 0 Å². The highest BCUT2D eigenvalue weighted by Gasteiger charge is 2.38. The Morgan fingerprint density at radius 2 is 1.71 bits per heavy atom. The van der Waals surface area contributed by atoms with Gasteiger partial charge in [-0.25, -0.2) is 14.4 Å². The van der Waals surface area contributed by atoms with Gasteiger partial charge in [-0.15, -0.1) is 10.2 Å². The Morgan fingerprint density at radius 1 is 1.06 bits per heavy atom. The van der Waals surface area contributed by atoms with Crippen molar-refractivity contribution in [3.05, 3.63) is 53.9 Å². The van der Waals surface area contributed by atoms with E-state index >= 15 is 0 Å². The first-order valence-electron chi connectivity index (χ1n) is 8.44. The molecule has 1 unspecified atom stereocenters. The quantitative estimate of drug-likeness (QED) is 0.536. The summed E-state index contributed by atoms with van der Waals surface area (Å²) in [6.45, 7) is -0.517. The van der Waals surface area contributed by atoms with E-state index in [1.54, 1.807) is 5.32 Å². The fourth-order valence-corrected chi connectivity index (χ4v) is 2.35. The molecular weight excluding hydrogens is 434 g/mol. The topological polar surface area (TPSA) is 106 Å². The lowest BCUT2D eigenvalue weighted by Gasteiger charge is -2.20. The minimum absolute atomic E-state index is 0.0760. The van der Waals surface area contributed by atoms with Crippen LogP contribution in [0.3, 0.4) is 0 Å². The van der Waals surface area contributed by atoms with E-state index < -0.39 is 42.8 Å². The highest BCUT2D eigenvalue weighted by molar-refractivity contribution is 5.81. The van der Waals surface area contributed by atoms with Crippen LogP contribution in [0.5, 0.6) is 0 Å². The van der Waals surface area contributed by atoms with Gasteiger partial charge >= 0.3 is 18.5 Å². The number of carbonyl (C=O) groups is 1. The summed E-state index contributed by atoms with van der Waals surface area (Å²) >= 11 is 0. The molecule has 1 atom stereocenters. The first-order chi connectivity index (χ1) is 14.6. The lowest BCUT2D eigenvalue weighted by atomic mass is 10.1. The molecule has 2 heterocycles. The summed E-state index contributed by atoms with van der Waals surface area (Å²) in [6, 6.07) is 3.86. The third kappa shape index (κ3) is 5.67. The summed E-state index contributed by atoms with van der Waals surface area (Å²) in [7, 11) is 0. The fraction of sp³-hybridized carbons (Fsp3) is 0.235. The van der Waals surface area contributed by atoms with Crippen LogP contribution < -0.4 is 10.6 Å². The number of carbonyl (C=O) groups excluding carboxylic acids is 1. The van der Waals surface area contributed by atoms with Gasteiger partial charge in [0.2, 0.25) is 5.95 Å². The molecule has 2 aromatic heterocycles. The number of benzene rings is 1. The Labute approximate surface area is 169 Å². The van der Waals surface area contributed by atoms with Gasteiger partial charge in [0, 0.05) is 18.9 Å². The Bertz CT molecular complexity index is 1020. The third-order valence-electron chi connectivity index (χ3n) is 3.83. The number of amides is 1. The van der Waals surface area contributed by atoms with E-state index in [1.165, 1.54) is 12.1 Å². The lowest BCUT2D eigenvalue weighted by molar-refractivity contribution is -0.173. The molecule has 0 aliphatic heterocycles. The minimum atomic E-state index is -5.08. The van der Waals surface area contributed by atoms with Crippen molar-refractivity contribution in [2.24, 2.45) is 0 Å². The molecule has 8 nitrogen and oxygen atoms in total. The number of alkyl halides is 5. The summed E-state index contributed by atoms with van der Waals surface area (Å²) in [6.07, 6.45) is -5.71. The molecule has 14 heteroatoms. The van der Waals surface area contributed by atoms with Gasteiger partial charge in [0.15, 0.2) is 0 Å². The van der Waals surface area contributed by atoms with E-state index in [1.807, 2.05) is 0 Å². The second-order valence-corrected chi connectivity index (χ2v) is 6.00. The molecule has 1 amide bonds. The van der Waals surface area contributed by atoms with Crippen molar-refractivity contribution in [2.45, 2.75) is 18.6 Å². The van der Waals surface area contributed by atoms with Crippen LogP contribution in [-0.4, -0.2) is 38.8 Å². The van der Waals surface area contributed by atoms with Crippen molar-refractivity contribution in [2.75, 3.05) is 11.9 Å². The van der Waals surface area contributed by atoms with Gasteiger partial charge in [-0.1, -0.05) is 12.1 Å². The lowest BCUT2D eigenvalue weighted by Crippen LogP contribution is -2.40. The summed E-state index contributed by atoms with van der Waals surface area (Å²) < 4.78 is 80.4. The SMILES string of the molecule is O=C(NCC(Nc1ncc(-c2nnc(C(F)F)o2)cn1)c1ccc(F)cc1)C(F)(F)F. The van der Waals surface area contributed by atoms with Gasteiger partial charge in [-0.05, 0) is 17.7 Å². The predicted molar refractivity (Wildman–Crippen MR) is 92.1 cm³/mol. The number of anilines is 1. The Kier molecular flexibility index (Phi) is 6.36. The van der Waals surface area contributed by atoms with Crippen LogP contribution in [0.25, 0.3) is 11.5 Å². The zero-order chi connectivity index (χ0) is 22.6. The van der Waals surface area contributed by atoms with Gasteiger partial charge in [0.05, 0.1) is 11.6 Å². The highest BCUT2D eigenvalue weighted by Crippen LogP contribution is 2.24. The monoisotopic (exact) mass is 446 g/mol. The summed E-state index contributed by atoms with van der Waals surface area (Å²) in [4.78, 5) is 19.0. The number of aromatic nitrogens is 4. The summed E-state index contributed by atoms with van der Waals surface area (Å²) in [5, 5.41) is 11.0. The van der Waals surface area contributed by atoms with Crippen molar-refractivity contribution in [3.8, 4) is 11.5 Å². The zero-order valence-corrected chi connectivity index (χ0v) is 15.2. The molecule has 0 saturated heterocycles. The first-order valence-corrected chi connectivity index (χ1v) is 8.44. The second-order valence-electron chi connectivity index (χ2n) is 6.00. The van der Waals surface area contributed by atoms with E-state index in [-0.39, 0.29) is 17.4 Å². The van der Waals surface area contributed by atoms with Gasteiger partial charge in [-0.2, -0.15) is 22.0 Å². The maximum Gasteiger partial charge on any atom is 0.471 e. The highest BCUT2D eigenvalue weighted by atomic mass is 19.4.